The van der Waals surface area contributed by atoms with Crippen LogP contribution in [0.4, 0.5) is 0 Å². The maximum atomic E-state index is 12.4. The number of thiophene rings is 1. The molecule has 1 atom stereocenters. The highest BCUT2D eigenvalue weighted by molar-refractivity contribution is 7.09. The summed E-state index contributed by atoms with van der Waals surface area (Å²) in [6, 6.07) is 11.5. The number of rotatable bonds is 5. The van der Waals surface area contributed by atoms with Gasteiger partial charge < -0.3 is 4.74 Å². The predicted molar refractivity (Wildman–Crippen MR) is 83.5 cm³/mol. The van der Waals surface area contributed by atoms with E-state index in [0.29, 0.717) is 18.1 Å². The fourth-order valence-corrected chi connectivity index (χ4v) is 3.23. The maximum Gasteiger partial charge on any atom is 0.316 e. The molecule has 0 bridgehead atoms. The molecule has 20 heavy (non-hydrogen) atoms. The molecule has 1 unspecified atom stereocenters. The summed E-state index contributed by atoms with van der Waals surface area (Å²) in [4.78, 5) is 13.6. The van der Waals surface area contributed by atoms with Crippen LogP contribution < -0.4 is 0 Å². The van der Waals surface area contributed by atoms with Crippen molar-refractivity contribution in [3.8, 4) is 0 Å². The van der Waals surface area contributed by atoms with Crippen molar-refractivity contribution in [3.63, 3.8) is 0 Å². The molecule has 4 heteroatoms. The van der Waals surface area contributed by atoms with Crippen molar-refractivity contribution in [1.29, 1.82) is 0 Å². The van der Waals surface area contributed by atoms with E-state index in [4.69, 9.17) is 16.3 Å². The average molecular weight is 309 g/mol. The molecule has 0 radical (unpaired) electrons. The zero-order valence-electron chi connectivity index (χ0n) is 11.6. The van der Waals surface area contributed by atoms with Crippen LogP contribution >= 0.6 is 22.9 Å². The Morgan fingerprint density at radius 3 is 2.75 bits per heavy atom. The molecule has 0 fully saturated rings. The summed E-state index contributed by atoms with van der Waals surface area (Å²) in [7, 11) is 0. The summed E-state index contributed by atoms with van der Waals surface area (Å²) < 4.78 is 5.27. The van der Waals surface area contributed by atoms with E-state index in [1.807, 2.05) is 55.6 Å². The molecule has 1 aromatic carbocycles. The van der Waals surface area contributed by atoms with E-state index in [1.54, 1.807) is 11.3 Å². The van der Waals surface area contributed by atoms with E-state index in [-0.39, 0.29) is 5.97 Å². The highest BCUT2D eigenvalue weighted by atomic mass is 35.5. The summed E-state index contributed by atoms with van der Waals surface area (Å²) in [6.45, 7) is 4.11. The summed E-state index contributed by atoms with van der Waals surface area (Å²) in [6.07, 6.45) is 0.615. The Hall–Kier alpha value is -1.32. The quantitative estimate of drug-likeness (QED) is 0.762. The first-order valence-corrected chi connectivity index (χ1v) is 7.77. The molecule has 1 aromatic heterocycles. The molecule has 2 nitrogen and oxygen atoms in total. The van der Waals surface area contributed by atoms with Crippen LogP contribution in [0, 0.1) is 0 Å². The number of esters is 1. The minimum Gasteiger partial charge on any atom is -0.465 e. The lowest BCUT2D eigenvalue weighted by molar-refractivity contribution is -0.149. The van der Waals surface area contributed by atoms with Crippen LogP contribution in [0.5, 0.6) is 0 Å². The lowest BCUT2D eigenvalue weighted by Gasteiger charge is -2.27. The second kappa shape index (κ2) is 6.42. The van der Waals surface area contributed by atoms with Crippen LogP contribution in [0.1, 0.15) is 24.3 Å². The van der Waals surface area contributed by atoms with Crippen LogP contribution in [0.3, 0.4) is 0 Å². The molecule has 0 N–H and O–H groups in total. The first-order valence-electron chi connectivity index (χ1n) is 6.52. The molecule has 0 aliphatic rings. The van der Waals surface area contributed by atoms with Gasteiger partial charge >= 0.3 is 5.97 Å². The van der Waals surface area contributed by atoms with Gasteiger partial charge in [-0.2, -0.15) is 0 Å². The number of carbonyl (C=O) groups is 1. The largest absolute Gasteiger partial charge is 0.465 e. The molecule has 0 amide bonds. The van der Waals surface area contributed by atoms with Crippen molar-refractivity contribution < 1.29 is 9.53 Å². The first kappa shape index (κ1) is 15.1. The van der Waals surface area contributed by atoms with Gasteiger partial charge in [0.15, 0.2) is 0 Å². The number of ether oxygens (including phenoxy) is 1. The van der Waals surface area contributed by atoms with Gasteiger partial charge in [-0.3, -0.25) is 4.79 Å². The molecule has 2 rings (SSSR count). The highest BCUT2D eigenvalue weighted by Crippen LogP contribution is 2.32. The zero-order chi connectivity index (χ0) is 14.6. The fraction of sp³-hybridized carbons (Fsp3) is 0.312. The molecule has 0 saturated heterocycles. The zero-order valence-corrected chi connectivity index (χ0v) is 13.1. The summed E-state index contributed by atoms with van der Waals surface area (Å²) in [5, 5.41) is 2.64. The van der Waals surface area contributed by atoms with Gasteiger partial charge in [0, 0.05) is 16.3 Å². The number of benzene rings is 1. The second-order valence-corrected chi connectivity index (χ2v) is 6.29. The molecule has 2 aromatic rings. The lowest BCUT2D eigenvalue weighted by Crippen LogP contribution is -2.36. The van der Waals surface area contributed by atoms with E-state index >= 15 is 0 Å². The van der Waals surface area contributed by atoms with Gasteiger partial charge in [-0.15, -0.1) is 11.3 Å². The first-order chi connectivity index (χ1) is 9.56. The van der Waals surface area contributed by atoms with Crippen molar-refractivity contribution in [2.45, 2.75) is 25.7 Å². The van der Waals surface area contributed by atoms with Gasteiger partial charge in [0.1, 0.15) is 0 Å². The van der Waals surface area contributed by atoms with Crippen molar-refractivity contribution in [2.24, 2.45) is 0 Å². The number of carbonyl (C=O) groups excluding carboxylic acids is 1. The van der Waals surface area contributed by atoms with Crippen LogP contribution in [0.25, 0.3) is 0 Å². The standard InChI is InChI=1S/C16H17ClO2S/c1-3-19-15(18)16(2,11-14-8-5-9-20-14)12-6-4-7-13(17)10-12/h4-10H,3,11H2,1-2H3. The Morgan fingerprint density at radius 2 is 2.15 bits per heavy atom. The Balaban J connectivity index is 2.40. The third kappa shape index (κ3) is 3.22. The Morgan fingerprint density at radius 1 is 1.35 bits per heavy atom. The lowest BCUT2D eigenvalue weighted by atomic mass is 9.79. The van der Waals surface area contributed by atoms with Gasteiger partial charge in [0.25, 0.3) is 0 Å². The van der Waals surface area contributed by atoms with E-state index in [9.17, 15) is 4.79 Å². The van der Waals surface area contributed by atoms with Crippen LogP contribution in [0.2, 0.25) is 5.02 Å². The van der Waals surface area contributed by atoms with Crippen molar-refractivity contribution in [1.82, 2.24) is 0 Å². The Labute approximate surface area is 128 Å². The monoisotopic (exact) mass is 308 g/mol. The highest BCUT2D eigenvalue weighted by Gasteiger charge is 2.37. The van der Waals surface area contributed by atoms with Gasteiger partial charge in [-0.1, -0.05) is 29.8 Å². The predicted octanol–water partition coefficient (Wildman–Crippen LogP) is 4.47. The third-order valence-corrected chi connectivity index (χ3v) is 4.41. The molecule has 0 aliphatic heterocycles. The Kier molecular flexibility index (Phi) is 4.84. The van der Waals surface area contributed by atoms with Crippen LogP contribution in [0.15, 0.2) is 41.8 Å². The fourth-order valence-electron chi connectivity index (χ4n) is 2.18. The van der Waals surface area contributed by atoms with Gasteiger partial charge in [-0.05, 0) is 43.0 Å². The summed E-state index contributed by atoms with van der Waals surface area (Å²) in [5.74, 6) is -0.212. The van der Waals surface area contributed by atoms with E-state index < -0.39 is 5.41 Å². The van der Waals surface area contributed by atoms with Crippen LogP contribution in [-0.4, -0.2) is 12.6 Å². The topological polar surface area (TPSA) is 26.3 Å². The van der Waals surface area contributed by atoms with Gasteiger partial charge in [0.05, 0.1) is 12.0 Å². The van der Waals surface area contributed by atoms with Crippen LogP contribution in [-0.2, 0) is 21.4 Å². The molecular weight excluding hydrogens is 292 g/mol. The van der Waals surface area contributed by atoms with Gasteiger partial charge in [0.2, 0.25) is 0 Å². The summed E-state index contributed by atoms with van der Waals surface area (Å²) >= 11 is 7.71. The third-order valence-electron chi connectivity index (χ3n) is 3.30. The molecule has 0 spiro atoms. The van der Waals surface area contributed by atoms with E-state index in [2.05, 4.69) is 0 Å². The van der Waals surface area contributed by atoms with Gasteiger partial charge in [-0.25, -0.2) is 0 Å². The number of hydrogen-bond acceptors (Lipinski definition) is 3. The molecule has 0 aliphatic carbocycles. The molecule has 0 saturated carbocycles. The second-order valence-electron chi connectivity index (χ2n) is 4.82. The molecule has 106 valence electrons. The number of hydrogen-bond donors (Lipinski definition) is 0. The van der Waals surface area contributed by atoms with E-state index in [1.165, 1.54) is 0 Å². The maximum absolute atomic E-state index is 12.4. The average Bonchev–Trinajstić information content (AvgIpc) is 2.91. The minimum atomic E-state index is -0.717. The van der Waals surface area contributed by atoms with Crippen molar-refractivity contribution >= 4 is 28.9 Å². The van der Waals surface area contributed by atoms with Crippen molar-refractivity contribution in [3.05, 3.63) is 57.2 Å². The smallest absolute Gasteiger partial charge is 0.316 e. The SMILES string of the molecule is CCOC(=O)C(C)(Cc1cccs1)c1cccc(Cl)c1. The summed E-state index contributed by atoms with van der Waals surface area (Å²) in [5.41, 5.74) is 0.169. The minimum absolute atomic E-state index is 0.212. The molecular formula is C16H17ClO2S. The van der Waals surface area contributed by atoms with Crippen molar-refractivity contribution in [2.75, 3.05) is 6.61 Å². The number of halogens is 1. The van der Waals surface area contributed by atoms with E-state index in [0.717, 1.165) is 10.4 Å². The molecule has 1 heterocycles. The normalized spacial score (nSPS) is 13.8. The Bertz CT molecular complexity index is 580.